The Morgan fingerprint density at radius 2 is 0.506 bits per heavy atom. The molecule has 6 nitrogen and oxygen atoms in total. The monoisotopic (exact) mass is 1140 g/mol. The Bertz CT molecular complexity index is 1180. The van der Waals surface area contributed by atoms with Crippen LogP contribution in [0.2, 0.25) is 0 Å². The number of hydrogen-bond acceptors (Lipinski definition) is 5. The molecule has 0 bridgehead atoms. The summed E-state index contributed by atoms with van der Waals surface area (Å²) >= 11 is 0. The summed E-state index contributed by atoms with van der Waals surface area (Å²) < 4.78 is 5.52. The van der Waals surface area contributed by atoms with Gasteiger partial charge in [0.25, 0.3) is 0 Å². The highest BCUT2D eigenvalue weighted by atomic mass is 16.5. The minimum Gasteiger partial charge on any atom is -0.466 e. The molecule has 1 amide bonds. The summed E-state index contributed by atoms with van der Waals surface area (Å²) in [6.45, 7) is 5.02. The highest BCUT2D eigenvalue weighted by molar-refractivity contribution is 5.76. The maximum Gasteiger partial charge on any atom is 0.305 e. The maximum absolute atomic E-state index is 12.6. The van der Waals surface area contributed by atoms with Crippen molar-refractivity contribution in [2.45, 2.75) is 456 Å². The maximum atomic E-state index is 12.6. The molecule has 0 radical (unpaired) electrons. The fourth-order valence-electron chi connectivity index (χ4n) is 12.4. The standard InChI is InChI=1S/C75H149NO5/c1-3-5-7-9-11-13-15-17-19-21-23-28-32-35-39-43-47-51-55-59-63-67-73(78)72(71-77)76-74(79)68-64-60-56-52-48-44-40-36-33-29-26-24-25-27-30-34-38-42-46-50-54-58-62-66-70-81-75(80)69-65-61-57-53-49-45-41-37-31-22-20-18-16-14-12-10-8-6-4-2/h72-73,77-78H,3-71H2,1-2H3,(H,76,79). The lowest BCUT2D eigenvalue weighted by molar-refractivity contribution is -0.143. The lowest BCUT2D eigenvalue weighted by atomic mass is 10.0. The number of ether oxygens (including phenoxy) is 1. The van der Waals surface area contributed by atoms with Crippen LogP contribution in [0.5, 0.6) is 0 Å². The lowest BCUT2D eigenvalue weighted by Gasteiger charge is -2.22. The molecule has 0 aliphatic rings. The highest BCUT2D eigenvalue weighted by Gasteiger charge is 2.20. The van der Waals surface area contributed by atoms with E-state index in [0.717, 1.165) is 38.5 Å². The number of amides is 1. The van der Waals surface area contributed by atoms with Gasteiger partial charge in [-0.25, -0.2) is 0 Å². The Kier molecular flexibility index (Phi) is 70.3. The van der Waals surface area contributed by atoms with Crippen LogP contribution in [0, 0.1) is 0 Å². The number of carbonyl (C=O) groups is 2. The van der Waals surface area contributed by atoms with Gasteiger partial charge in [-0.3, -0.25) is 9.59 Å². The van der Waals surface area contributed by atoms with Crippen LogP contribution in [0.4, 0.5) is 0 Å². The first-order chi connectivity index (χ1) is 40.0. The van der Waals surface area contributed by atoms with Gasteiger partial charge in [-0.2, -0.15) is 0 Å². The number of hydrogen-bond donors (Lipinski definition) is 3. The van der Waals surface area contributed by atoms with E-state index in [9.17, 15) is 19.8 Å². The predicted octanol–water partition coefficient (Wildman–Crippen LogP) is 24.5. The average Bonchev–Trinajstić information content (AvgIpc) is 3.47. The minimum absolute atomic E-state index is 0.0220. The topological polar surface area (TPSA) is 95.9 Å². The number of aliphatic hydroxyl groups excluding tert-OH is 2. The quantitative estimate of drug-likeness (QED) is 0.0417. The van der Waals surface area contributed by atoms with Crippen molar-refractivity contribution >= 4 is 11.9 Å². The molecule has 0 rings (SSSR count). The van der Waals surface area contributed by atoms with E-state index in [2.05, 4.69) is 19.2 Å². The highest BCUT2D eigenvalue weighted by Crippen LogP contribution is 2.20. The van der Waals surface area contributed by atoms with Crippen LogP contribution in [0.25, 0.3) is 0 Å². The second kappa shape index (κ2) is 71.3. The summed E-state index contributed by atoms with van der Waals surface area (Å²) in [5, 5.41) is 23.4. The van der Waals surface area contributed by atoms with Crippen molar-refractivity contribution in [2.75, 3.05) is 13.2 Å². The van der Waals surface area contributed by atoms with Gasteiger partial charge in [0.15, 0.2) is 0 Å². The second-order valence-corrected chi connectivity index (χ2v) is 26.4. The number of esters is 1. The van der Waals surface area contributed by atoms with Gasteiger partial charge in [0.05, 0.1) is 25.4 Å². The summed E-state index contributed by atoms with van der Waals surface area (Å²) in [4.78, 5) is 24.7. The van der Waals surface area contributed by atoms with Gasteiger partial charge in [-0.05, 0) is 25.7 Å². The third-order valence-electron chi connectivity index (χ3n) is 18.2. The van der Waals surface area contributed by atoms with Crippen molar-refractivity contribution in [3.63, 3.8) is 0 Å². The van der Waals surface area contributed by atoms with Gasteiger partial charge in [0.1, 0.15) is 0 Å². The molecule has 0 aliphatic carbocycles. The predicted molar refractivity (Wildman–Crippen MR) is 357 cm³/mol. The summed E-state index contributed by atoms with van der Waals surface area (Å²) in [7, 11) is 0. The van der Waals surface area contributed by atoms with Gasteiger partial charge in [0, 0.05) is 12.8 Å². The average molecular weight is 1150 g/mol. The fraction of sp³-hybridized carbons (Fsp3) is 0.973. The van der Waals surface area contributed by atoms with Crippen molar-refractivity contribution < 1.29 is 24.5 Å². The molecule has 0 heterocycles. The Morgan fingerprint density at radius 3 is 0.753 bits per heavy atom. The van der Waals surface area contributed by atoms with Crippen molar-refractivity contribution in [2.24, 2.45) is 0 Å². The third-order valence-corrected chi connectivity index (χ3v) is 18.2. The number of aliphatic hydroxyl groups is 2. The van der Waals surface area contributed by atoms with E-state index in [1.54, 1.807) is 0 Å². The van der Waals surface area contributed by atoms with E-state index in [4.69, 9.17) is 4.74 Å². The SMILES string of the molecule is CCCCCCCCCCCCCCCCCCCCCCCC(O)C(CO)NC(=O)CCCCCCCCCCCCCCCCCCCCCCCCCCOC(=O)CCCCCCCCCCCCCCCCCCCCC. The molecule has 2 atom stereocenters. The first-order valence-corrected chi connectivity index (χ1v) is 37.8. The Morgan fingerprint density at radius 1 is 0.296 bits per heavy atom. The molecule has 0 spiro atoms. The van der Waals surface area contributed by atoms with E-state index >= 15 is 0 Å². The molecule has 0 fully saturated rings. The molecular weight excluding hydrogens is 995 g/mol. The first kappa shape index (κ1) is 79.9. The Labute approximate surface area is 508 Å². The molecule has 0 aromatic carbocycles. The van der Waals surface area contributed by atoms with E-state index in [0.29, 0.717) is 25.9 Å². The molecule has 0 saturated heterocycles. The van der Waals surface area contributed by atoms with Crippen LogP contribution in [-0.4, -0.2) is 47.4 Å². The molecule has 2 unspecified atom stereocenters. The lowest BCUT2D eigenvalue weighted by Crippen LogP contribution is -2.45. The van der Waals surface area contributed by atoms with Crippen LogP contribution in [-0.2, 0) is 14.3 Å². The number of carbonyl (C=O) groups excluding carboxylic acids is 2. The molecule has 0 aromatic heterocycles. The van der Waals surface area contributed by atoms with Crippen LogP contribution < -0.4 is 5.32 Å². The number of nitrogens with one attached hydrogen (secondary N) is 1. The Hall–Kier alpha value is -1.14. The molecule has 6 heteroatoms. The molecule has 0 saturated carbocycles. The van der Waals surface area contributed by atoms with Gasteiger partial charge in [-0.15, -0.1) is 0 Å². The normalized spacial score (nSPS) is 12.4. The first-order valence-electron chi connectivity index (χ1n) is 37.8. The number of unbranched alkanes of at least 4 members (excludes halogenated alkanes) is 61. The minimum atomic E-state index is -0.664. The second-order valence-electron chi connectivity index (χ2n) is 26.4. The summed E-state index contributed by atoms with van der Waals surface area (Å²) in [6.07, 6.45) is 87.4. The van der Waals surface area contributed by atoms with Crippen LogP contribution in [0.1, 0.15) is 444 Å². The fourth-order valence-corrected chi connectivity index (χ4v) is 12.4. The van der Waals surface area contributed by atoms with Gasteiger partial charge >= 0.3 is 5.97 Å². The zero-order valence-corrected chi connectivity index (χ0v) is 55.6. The largest absolute Gasteiger partial charge is 0.466 e. The van der Waals surface area contributed by atoms with E-state index in [-0.39, 0.29) is 18.5 Å². The van der Waals surface area contributed by atoms with Gasteiger partial charge in [-0.1, -0.05) is 406 Å². The van der Waals surface area contributed by atoms with Crippen LogP contribution in [0.3, 0.4) is 0 Å². The zero-order chi connectivity index (χ0) is 58.5. The van der Waals surface area contributed by atoms with E-state index < -0.39 is 12.1 Å². The number of rotatable bonds is 72. The van der Waals surface area contributed by atoms with Gasteiger partial charge < -0.3 is 20.3 Å². The van der Waals surface area contributed by atoms with Crippen LogP contribution in [0.15, 0.2) is 0 Å². The third kappa shape index (κ3) is 67.9. The molecule has 484 valence electrons. The summed E-state index contributed by atoms with van der Waals surface area (Å²) in [5.41, 5.74) is 0. The van der Waals surface area contributed by atoms with Crippen LogP contribution >= 0.6 is 0 Å². The molecule has 0 aliphatic heterocycles. The van der Waals surface area contributed by atoms with Crippen molar-refractivity contribution in [3.8, 4) is 0 Å². The van der Waals surface area contributed by atoms with Crippen molar-refractivity contribution in [1.29, 1.82) is 0 Å². The zero-order valence-electron chi connectivity index (χ0n) is 55.6. The van der Waals surface area contributed by atoms with E-state index in [1.165, 1.54) is 372 Å². The molecule has 0 aromatic rings. The van der Waals surface area contributed by atoms with Gasteiger partial charge in [0.2, 0.25) is 5.91 Å². The molecular formula is C75H149NO5. The molecule has 3 N–H and O–H groups in total. The smallest absolute Gasteiger partial charge is 0.305 e. The summed E-state index contributed by atoms with van der Waals surface area (Å²) in [6, 6.07) is -0.541. The van der Waals surface area contributed by atoms with E-state index in [1.807, 2.05) is 0 Å². The van der Waals surface area contributed by atoms with Crippen molar-refractivity contribution in [1.82, 2.24) is 5.32 Å². The Balaban J connectivity index is 3.34. The molecule has 81 heavy (non-hydrogen) atoms. The van der Waals surface area contributed by atoms with Crippen molar-refractivity contribution in [3.05, 3.63) is 0 Å². The summed E-state index contributed by atoms with van der Waals surface area (Å²) in [5.74, 6) is -0.00592.